The first kappa shape index (κ1) is 16.3. The molecule has 0 unspecified atom stereocenters. The summed E-state index contributed by atoms with van der Waals surface area (Å²) in [6, 6.07) is 3.46. The number of aromatic nitrogens is 1. The Balaban J connectivity index is 1.44. The lowest BCUT2D eigenvalue weighted by Crippen LogP contribution is -2.48. The summed E-state index contributed by atoms with van der Waals surface area (Å²) >= 11 is 0. The van der Waals surface area contributed by atoms with Crippen LogP contribution in [0.3, 0.4) is 0 Å². The van der Waals surface area contributed by atoms with Crippen molar-refractivity contribution in [3.8, 4) is 5.88 Å². The lowest BCUT2D eigenvalue weighted by atomic mass is 9.74. The Kier molecular flexibility index (Phi) is 4.11. The molecule has 1 aromatic rings. The van der Waals surface area contributed by atoms with E-state index in [1.807, 2.05) is 0 Å². The Morgan fingerprint density at radius 3 is 2.88 bits per heavy atom. The van der Waals surface area contributed by atoms with Crippen LogP contribution in [0.2, 0.25) is 0 Å². The van der Waals surface area contributed by atoms with Gasteiger partial charge in [-0.1, -0.05) is 0 Å². The van der Waals surface area contributed by atoms with Crippen molar-refractivity contribution in [3.05, 3.63) is 23.9 Å². The summed E-state index contributed by atoms with van der Waals surface area (Å²) in [5.74, 6) is 0.704. The Labute approximate surface area is 146 Å². The first-order valence-electron chi connectivity index (χ1n) is 8.84. The molecule has 1 aliphatic carbocycles. The van der Waals surface area contributed by atoms with Gasteiger partial charge in [0.05, 0.1) is 24.2 Å². The van der Waals surface area contributed by atoms with E-state index in [0.717, 1.165) is 0 Å². The number of amides is 2. The molecule has 3 heterocycles. The molecule has 0 radical (unpaired) electrons. The third-order valence-corrected chi connectivity index (χ3v) is 5.63. The van der Waals surface area contributed by atoms with Gasteiger partial charge in [-0.2, -0.15) is 0 Å². The second-order valence-electron chi connectivity index (χ2n) is 7.37. The van der Waals surface area contributed by atoms with Crippen molar-refractivity contribution in [1.82, 2.24) is 9.88 Å². The van der Waals surface area contributed by atoms with Gasteiger partial charge in [0.2, 0.25) is 11.8 Å². The van der Waals surface area contributed by atoms with Gasteiger partial charge in [-0.3, -0.25) is 9.59 Å². The number of nitrogens with zero attached hydrogens (tertiary/aromatic N) is 2. The number of hydrogen-bond donors (Lipinski definition) is 1. The highest BCUT2D eigenvalue weighted by Crippen LogP contribution is 2.42. The van der Waals surface area contributed by atoms with Gasteiger partial charge in [0, 0.05) is 37.9 Å². The number of fused-ring (bicyclic) bond motifs is 1. The van der Waals surface area contributed by atoms with Gasteiger partial charge in [0.15, 0.2) is 0 Å². The van der Waals surface area contributed by atoms with Crippen molar-refractivity contribution in [2.24, 2.45) is 23.0 Å². The van der Waals surface area contributed by atoms with Gasteiger partial charge in [0.1, 0.15) is 0 Å². The van der Waals surface area contributed by atoms with E-state index >= 15 is 0 Å². The molecule has 1 aromatic heterocycles. The monoisotopic (exact) mass is 345 g/mol. The van der Waals surface area contributed by atoms with Crippen LogP contribution in [0.15, 0.2) is 18.3 Å². The Morgan fingerprint density at radius 2 is 2.24 bits per heavy atom. The van der Waals surface area contributed by atoms with Crippen LogP contribution < -0.4 is 10.5 Å². The zero-order valence-corrected chi connectivity index (χ0v) is 14.1. The van der Waals surface area contributed by atoms with Crippen LogP contribution in [0, 0.1) is 17.3 Å². The lowest BCUT2D eigenvalue weighted by molar-refractivity contribution is -0.135. The SMILES string of the molecule is NC(=O)[C@]12CCOC[C@H]1CN(C(=O)c1ccc(OCC3CC3)nc1)C2. The van der Waals surface area contributed by atoms with E-state index in [4.69, 9.17) is 15.2 Å². The molecule has 0 spiro atoms. The highest BCUT2D eigenvalue weighted by molar-refractivity contribution is 5.95. The summed E-state index contributed by atoms with van der Waals surface area (Å²) in [7, 11) is 0. The highest BCUT2D eigenvalue weighted by Gasteiger charge is 2.53. The largest absolute Gasteiger partial charge is 0.477 e. The number of nitrogens with two attached hydrogens (primary N) is 1. The summed E-state index contributed by atoms with van der Waals surface area (Å²) in [6.07, 6.45) is 4.55. The highest BCUT2D eigenvalue weighted by atomic mass is 16.5. The van der Waals surface area contributed by atoms with E-state index in [-0.39, 0.29) is 17.7 Å². The summed E-state index contributed by atoms with van der Waals surface area (Å²) in [6.45, 7) is 2.51. The van der Waals surface area contributed by atoms with Gasteiger partial charge in [-0.15, -0.1) is 0 Å². The number of likely N-dealkylation sites (tertiary alicyclic amines) is 1. The first-order valence-corrected chi connectivity index (χ1v) is 8.84. The average molecular weight is 345 g/mol. The van der Waals surface area contributed by atoms with E-state index in [1.54, 1.807) is 23.2 Å². The van der Waals surface area contributed by atoms with Crippen molar-refractivity contribution < 1.29 is 19.1 Å². The van der Waals surface area contributed by atoms with Crippen molar-refractivity contribution in [2.75, 3.05) is 32.9 Å². The number of pyridine rings is 1. The number of carbonyl (C=O) groups is 2. The maximum Gasteiger partial charge on any atom is 0.255 e. The van der Waals surface area contributed by atoms with Crippen molar-refractivity contribution >= 4 is 11.8 Å². The molecule has 2 N–H and O–H groups in total. The molecule has 2 saturated heterocycles. The van der Waals surface area contributed by atoms with Crippen LogP contribution in [-0.2, 0) is 9.53 Å². The number of carbonyl (C=O) groups excluding carboxylic acids is 2. The van der Waals surface area contributed by atoms with Gasteiger partial charge >= 0.3 is 0 Å². The maximum atomic E-state index is 12.8. The Morgan fingerprint density at radius 1 is 1.40 bits per heavy atom. The molecule has 7 heteroatoms. The van der Waals surface area contributed by atoms with Gasteiger partial charge in [0.25, 0.3) is 5.91 Å². The van der Waals surface area contributed by atoms with Crippen LogP contribution in [0.4, 0.5) is 0 Å². The number of rotatable bonds is 5. The molecular weight excluding hydrogens is 322 g/mol. The van der Waals surface area contributed by atoms with Crippen LogP contribution in [0.25, 0.3) is 0 Å². The first-order chi connectivity index (χ1) is 12.1. The van der Waals surface area contributed by atoms with E-state index in [9.17, 15) is 9.59 Å². The molecule has 2 aliphatic heterocycles. The quantitative estimate of drug-likeness (QED) is 0.853. The van der Waals surface area contributed by atoms with Crippen molar-refractivity contribution in [3.63, 3.8) is 0 Å². The molecule has 7 nitrogen and oxygen atoms in total. The molecular formula is C18H23N3O4. The minimum Gasteiger partial charge on any atom is -0.477 e. The van der Waals surface area contributed by atoms with E-state index in [2.05, 4.69) is 4.98 Å². The molecule has 2 atom stereocenters. The fourth-order valence-corrected chi connectivity index (χ4v) is 3.77. The Bertz CT molecular complexity index is 673. The molecule has 25 heavy (non-hydrogen) atoms. The predicted molar refractivity (Wildman–Crippen MR) is 88.9 cm³/mol. The van der Waals surface area contributed by atoms with E-state index in [0.29, 0.717) is 56.7 Å². The lowest BCUT2D eigenvalue weighted by Gasteiger charge is -2.34. The zero-order chi connectivity index (χ0) is 17.4. The number of ether oxygens (including phenoxy) is 2. The van der Waals surface area contributed by atoms with Gasteiger partial charge in [-0.25, -0.2) is 4.98 Å². The van der Waals surface area contributed by atoms with Crippen LogP contribution in [0.1, 0.15) is 29.6 Å². The van der Waals surface area contributed by atoms with E-state index < -0.39 is 5.41 Å². The molecule has 134 valence electrons. The molecule has 0 bridgehead atoms. The van der Waals surface area contributed by atoms with Gasteiger partial charge < -0.3 is 20.1 Å². The smallest absolute Gasteiger partial charge is 0.255 e. The normalized spacial score (nSPS) is 28.5. The third kappa shape index (κ3) is 3.08. The maximum absolute atomic E-state index is 12.8. The van der Waals surface area contributed by atoms with Crippen molar-refractivity contribution in [1.29, 1.82) is 0 Å². The zero-order valence-electron chi connectivity index (χ0n) is 14.1. The van der Waals surface area contributed by atoms with Crippen LogP contribution in [0.5, 0.6) is 5.88 Å². The summed E-state index contributed by atoms with van der Waals surface area (Å²) in [5, 5.41) is 0. The number of hydrogen-bond acceptors (Lipinski definition) is 5. The average Bonchev–Trinajstić information content (AvgIpc) is 3.37. The molecule has 2 amide bonds. The second-order valence-corrected chi connectivity index (χ2v) is 7.37. The van der Waals surface area contributed by atoms with E-state index in [1.165, 1.54) is 12.8 Å². The summed E-state index contributed by atoms with van der Waals surface area (Å²) in [5.41, 5.74) is 5.51. The molecule has 0 aromatic carbocycles. The predicted octanol–water partition coefficient (Wildman–Crippen LogP) is 0.834. The fraction of sp³-hybridized carbons (Fsp3) is 0.611. The third-order valence-electron chi connectivity index (χ3n) is 5.63. The second kappa shape index (κ2) is 6.29. The molecule has 3 aliphatic rings. The standard InChI is InChI=1S/C18H23N3O4/c19-17(23)18-5-6-24-10-14(18)8-21(11-18)16(22)13-3-4-15(20-7-13)25-9-12-1-2-12/h3-4,7,12,14H,1-2,5-6,8-11H2,(H2,19,23)/t14-,18+/m1/s1. The summed E-state index contributed by atoms with van der Waals surface area (Å²) in [4.78, 5) is 30.8. The topological polar surface area (TPSA) is 94.8 Å². The molecule has 3 fully saturated rings. The Hall–Kier alpha value is -2.15. The molecule has 1 saturated carbocycles. The summed E-state index contributed by atoms with van der Waals surface area (Å²) < 4.78 is 11.1. The molecule has 4 rings (SSSR count). The minimum absolute atomic E-state index is 0.0307. The van der Waals surface area contributed by atoms with Gasteiger partial charge in [-0.05, 0) is 31.2 Å². The fourth-order valence-electron chi connectivity index (χ4n) is 3.77. The van der Waals surface area contributed by atoms with Crippen LogP contribution >= 0.6 is 0 Å². The van der Waals surface area contributed by atoms with Crippen LogP contribution in [-0.4, -0.2) is 54.6 Å². The minimum atomic E-state index is -0.658. The van der Waals surface area contributed by atoms with Crippen molar-refractivity contribution in [2.45, 2.75) is 19.3 Å². The number of primary amides is 1.